The van der Waals surface area contributed by atoms with Gasteiger partial charge in [-0.25, -0.2) is 4.98 Å². The molecule has 1 saturated heterocycles. The number of carbonyl (C=O) groups excluding carboxylic acids is 1. The number of anilines is 3. The zero-order chi connectivity index (χ0) is 14.1. The van der Waals surface area contributed by atoms with Crippen LogP contribution in [0.15, 0.2) is 12.3 Å². The molecular formula is C14H21N5O. The second kappa shape index (κ2) is 5.19. The monoisotopic (exact) mass is 275 g/mol. The van der Waals surface area contributed by atoms with E-state index in [0.717, 1.165) is 49.7 Å². The molecule has 2 aliphatic heterocycles. The Morgan fingerprint density at radius 2 is 2.35 bits per heavy atom. The van der Waals surface area contributed by atoms with E-state index in [1.54, 1.807) is 7.05 Å². The maximum absolute atomic E-state index is 11.9. The van der Waals surface area contributed by atoms with Gasteiger partial charge in [0.2, 0.25) is 5.91 Å². The fourth-order valence-corrected chi connectivity index (χ4v) is 3.00. The number of aromatic nitrogens is 1. The summed E-state index contributed by atoms with van der Waals surface area (Å²) in [6.45, 7) is 2.81. The zero-order valence-corrected chi connectivity index (χ0v) is 12.0. The summed E-state index contributed by atoms with van der Waals surface area (Å²) in [7, 11) is 3.78. The molecule has 1 fully saturated rings. The zero-order valence-electron chi connectivity index (χ0n) is 12.0. The molecule has 1 aromatic heterocycles. The molecule has 2 N–H and O–H groups in total. The lowest BCUT2D eigenvalue weighted by Gasteiger charge is -2.31. The Morgan fingerprint density at radius 1 is 1.50 bits per heavy atom. The van der Waals surface area contributed by atoms with Crippen LogP contribution in [0, 0.1) is 0 Å². The van der Waals surface area contributed by atoms with Gasteiger partial charge in [0.05, 0.1) is 17.6 Å². The molecule has 1 aromatic rings. The van der Waals surface area contributed by atoms with Crippen molar-refractivity contribution < 1.29 is 4.79 Å². The van der Waals surface area contributed by atoms with Crippen LogP contribution in [0.2, 0.25) is 0 Å². The fraction of sp³-hybridized carbons (Fsp3) is 0.571. The van der Waals surface area contributed by atoms with Crippen molar-refractivity contribution >= 4 is 23.1 Å². The number of hydrogen-bond donors (Lipinski definition) is 2. The third-order valence-corrected chi connectivity index (χ3v) is 4.14. The quantitative estimate of drug-likeness (QED) is 0.830. The van der Waals surface area contributed by atoms with Crippen LogP contribution in [0.25, 0.3) is 0 Å². The summed E-state index contributed by atoms with van der Waals surface area (Å²) in [6.07, 6.45) is 3.80. The summed E-state index contributed by atoms with van der Waals surface area (Å²) in [5.41, 5.74) is 2.22. The summed E-state index contributed by atoms with van der Waals surface area (Å²) in [6, 6.07) is 2.00. The molecule has 1 amide bonds. The summed E-state index contributed by atoms with van der Waals surface area (Å²) < 4.78 is 0. The molecule has 108 valence electrons. The molecule has 6 nitrogen and oxygen atoms in total. The fourth-order valence-electron chi connectivity index (χ4n) is 3.00. The summed E-state index contributed by atoms with van der Waals surface area (Å²) in [4.78, 5) is 20.8. The Balaban J connectivity index is 1.90. The van der Waals surface area contributed by atoms with Crippen LogP contribution in [0.4, 0.5) is 17.2 Å². The standard InChI is InChI=1S/C14H21N5O/c1-15-14(20)11-4-3-6-19(11)13-8-12-10(9-17-13)16-5-7-18(12)2/h8-9,11,16H,3-7H2,1-2H3,(H,15,20). The lowest BCUT2D eigenvalue weighted by Crippen LogP contribution is -2.42. The van der Waals surface area contributed by atoms with Crippen LogP contribution >= 0.6 is 0 Å². The van der Waals surface area contributed by atoms with E-state index in [-0.39, 0.29) is 11.9 Å². The SMILES string of the molecule is CNC(=O)C1CCCN1c1cc2c(cn1)NCCN2C. The van der Waals surface area contributed by atoms with Crippen LogP contribution in [0.3, 0.4) is 0 Å². The molecular weight excluding hydrogens is 254 g/mol. The molecule has 0 spiro atoms. The van der Waals surface area contributed by atoms with Gasteiger partial charge in [-0.2, -0.15) is 0 Å². The first kappa shape index (κ1) is 13.0. The van der Waals surface area contributed by atoms with Crippen LogP contribution in [0.1, 0.15) is 12.8 Å². The van der Waals surface area contributed by atoms with Gasteiger partial charge in [-0.05, 0) is 12.8 Å². The first-order valence-corrected chi connectivity index (χ1v) is 7.14. The third-order valence-electron chi connectivity index (χ3n) is 4.14. The smallest absolute Gasteiger partial charge is 0.242 e. The first-order chi connectivity index (χ1) is 9.70. The largest absolute Gasteiger partial charge is 0.380 e. The average Bonchev–Trinajstić information content (AvgIpc) is 2.96. The van der Waals surface area contributed by atoms with E-state index in [2.05, 4.69) is 38.5 Å². The highest BCUT2D eigenvalue weighted by Gasteiger charge is 2.31. The minimum atomic E-state index is -0.0904. The van der Waals surface area contributed by atoms with Gasteiger partial charge in [-0.3, -0.25) is 4.79 Å². The van der Waals surface area contributed by atoms with E-state index < -0.39 is 0 Å². The van der Waals surface area contributed by atoms with E-state index in [1.807, 2.05) is 6.20 Å². The first-order valence-electron chi connectivity index (χ1n) is 7.14. The summed E-state index contributed by atoms with van der Waals surface area (Å²) >= 11 is 0. The van der Waals surface area contributed by atoms with Crippen molar-refractivity contribution in [3.63, 3.8) is 0 Å². The maximum Gasteiger partial charge on any atom is 0.242 e. The van der Waals surface area contributed by atoms with Gasteiger partial charge in [-0.15, -0.1) is 0 Å². The van der Waals surface area contributed by atoms with Crippen molar-refractivity contribution in [3.05, 3.63) is 12.3 Å². The van der Waals surface area contributed by atoms with Crippen LogP contribution < -0.4 is 20.4 Å². The van der Waals surface area contributed by atoms with E-state index in [4.69, 9.17) is 0 Å². The molecule has 1 unspecified atom stereocenters. The number of likely N-dealkylation sites (N-methyl/N-ethyl adjacent to an activating group) is 2. The van der Waals surface area contributed by atoms with Crippen molar-refractivity contribution in [2.45, 2.75) is 18.9 Å². The number of carbonyl (C=O) groups is 1. The number of hydrogen-bond acceptors (Lipinski definition) is 5. The molecule has 1 atom stereocenters. The predicted octanol–water partition coefficient (Wildman–Crippen LogP) is 0.658. The number of fused-ring (bicyclic) bond motifs is 1. The minimum Gasteiger partial charge on any atom is -0.380 e. The molecule has 0 bridgehead atoms. The molecule has 0 aromatic carbocycles. The van der Waals surface area contributed by atoms with Crippen LogP contribution in [-0.4, -0.2) is 50.7 Å². The third kappa shape index (κ3) is 2.15. The van der Waals surface area contributed by atoms with E-state index in [1.165, 1.54) is 0 Å². The Labute approximate surface area is 119 Å². The molecule has 2 aliphatic rings. The summed E-state index contributed by atoms with van der Waals surface area (Å²) in [5.74, 6) is 0.971. The Bertz CT molecular complexity index is 518. The predicted molar refractivity (Wildman–Crippen MR) is 80.4 cm³/mol. The number of nitrogens with zero attached hydrogens (tertiary/aromatic N) is 3. The lowest BCUT2D eigenvalue weighted by atomic mass is 10.2. The molecule has 3 rings (SSSR count). The van der Waals surface area contributed by atoms with Gasteiger partial charge in [0.25, 0.3) is 0 Å². The number of pyridine rings is 1. The Morgan fingerprint density at radius 3 is 3.15 bits per heavy atom. The summed E-state index contributed by atoms with van der Waals surface area (Å²) in [5, 5.41) is 6.10. The highest BCUT2D eigenvalue weighted by molar-refractivity contribution is 5.86. The van der Waals surface area contributed by atoms with Crippen molar-refractivity contribution in [1.82, 2.24) is 10.3 Å². The van der Waals surface area contributed by atoms with E-state index in [0.29, 0.717) is 0 Å². The highest BCUT2D eigenvalue weighted by Crippen LogP contribution is 2.33. The highest BCUT2D eigenvalue weighted by atomic mass is 16.2. The normalized spacial score (nSPS) is 21.4. The maximum atomic E-state index is 11.9. The minimum absolute atomic E-state index is 0.0773. The topological polar surface area (TPSA) is 60.5 Å². The molecule has 20 heavy (non-hydrogen) atoms. The number of rotatable bonds is 2. The lowest BCUT2D eigenvalue weighted by molar-refractivity contribution is -0.121. The number of nitrogens with one attached hydrogen (secondary N) is 2. The second-order valence-corrected chi connectivity index (χ2v) is 5.37. The van der Waals surface area contributed by atoms with E-state index >= 15 is 0 Å². The Hall–Kier alpha value is -1.98. The van der Waals surface area contributed by atoms with Crippen molar-refractivity contribution in [2.24, 2.45) is 0 Å². The second-order valence-electron chi connectivity index (χ2n) is 5.37. The average molecular weight is 275 g/mol. The molecule has 6 heteroatoms. The molecule has 0 saturated carbocycles. The van der Waals surface area contributed by atoms with Crippen LogP contribution in [-0.2, 0) is 4.79 Å². The van der Waals surface area contributed by atoms with E-state index in [9.17, 15) is 4.79 Å². The van der Waals surface area contributed by atoms with Crippen molar-refractivity contribution in [2.75, 3.05) is 48.8 Å². The molecule has 0 radical (unpaired) electrons. The van der Waals surface area contributed by atoms with Crippen molar-refractivity contribution in [3.8, 4) is 0 Å². The number of amides is 1. The van der Waals surface area contributed by atoms with Gasteiger partial charge >= 0.3 is 0 Å². The van der Waals surface area contributed by atoms with Gasteiger partial charge < -0.3 is 20.4 Å². The Kier molecular flexibility index (Phi) is 3.38. The van der Waals surface area contributed by atoms with Crippen molar-refractivity contribution in [1.29, 1.82) is 0 Å². The molecule has 3 heterocycles. The van der Waals surface area contributed by atoms with Gasteiger partial charge in [0.1, 0.15) is 11.9 Å². The van der Waals surface area contributed by atoms with Crippen LogP contribution in [0.5, 0.6) is 0 Å². The van der Waals surface area contributed by atoms with Gasteiger partial charge in [-0.1, -0.05) is 0 Å². The molecule has 0 aliphatic carbocycles. The van der Waals surface area contributed by atoms with Gasteiger partial charge in [0.15, 0.2) is 0 Å². The van der Waals surface area contributed by atoms with Gasteiger partial charge in [0, 0.05) is 39.8 Å².